The van der Waals surface area contributed by atoms with Crippen LogP contribution in [0.1, 0.15) is 25.0 Å². The Kier molecular flexibility index (Phi) is 5.11. The lowest BCUT2D eigenvalue weighted by atomic mass is 9.88. The van der Waals surface area contributed by atoms with Crippen molar-refractivity contribution in [2.24, 2.45) is 0 Å². The Bertz CT molecular complexity index is 811. The SMILES string of the molecule is CC(O)(c1cc(-c2ccc(O)c(C(C)(O)C(F)(F)F)c2)ccc1O)C(F)(F)F. The molecule has 0 saturated heterocycles. The Morgan fingerprint density at radius 2 is 0.893 bits per heavy atom. The Labute approximate surface area is 155 Å². The van der Waals surface area contributed by atoms with Crippen molar-refractivity contribution >= 4 is 0 Å². The van der Waals surface area contributed by atoms with Gasteiger partial charge in [-0.05, 0) is 49.2 Å². The second-order valence-electron chi connectivity index (χ2n) is 6.60. The van der Waals surface area contributed by atoms with E-state index in [-0.39, 0.29) is 11.1 Å². The third-order valence-corrected chi connectivity index (χ3v) is 4.48. The van der Waals surface area contributed by atoms with Crippen molar-refractivity contribution in [1.82, 2.24) is 0 Å². The minimum Gasteiger partial charge on any atom is -0.508 e. The van der Waals surface area contributed by atoms with E-state index < -0.39 is 46.2 Å². The quantitative estimate of drug-likeness (QED) is 0.569. The van der Waals surface area contributed by atoms with Crippen LogP contribution in [0.4, 0.5) is 26.3 Å². The normalized spacial score (nSPS) is 17.1. The molecule has 0 heterocycles. The maximum Gasteiger partial charge on any atom is 0.421 e. The van der Waals surface area contributed by atoms with Gasteiger partial charge in [-0.15, -0.1) is 0 Å². The molecule has 4 nitrogen and oxygen atoms in total. The second-order valence-corrected chi connectivity index (χ2v) is 6.60. The van der Waals surface area contributed by atoms with Crippen molar-refractivity contribution in [3.05, 3.63) is 47.5 Å². The van der Waals surface area contributed by atoms with Crippen LogP contribution in [0, 0.1) is 0 Å². The Balaban J connectivity index is 2.65. The average molecular weight is 410 g/mol. The van der Waals surface area contributed by atoms with Gasteiger partial charge in [0, 0.05) is 11.1 Å². The van der Waals surface area contributed by atoms with E-state index in [1.54, 1.807) is 0 Å². The zero-order valence-electron chi connectivity index (χ0n) is 14.5. The molecule has 0 bridgehead atoms. The van der Waals surface area contributed by atoms with Gasteiger partial charge in [0.05, 0.1) is 0 Å². The first kappa shape index (κ1) is 21.8. The first-order valence-corrected chi connectivity index (χ1v) is 7.75. The molecule has 0 aromatic heterocycles. The fraction of sp³-hybridized carbons (Fsp3) is 0.333. The average Bonchev–Trinajstić information content (AvgIpc) is 2.53. The van der Waals surface area contributed by atoms with E-state index in [0.29, 0.717) is 13.8 Å². The summed E-state index contributed by atoms with van der Waals surface area (Å²) in [7, 11) is 0. The van der Waals surface area contributed by atoms with Gasteiger partial charge in [0.1, 0.15) is 11.5 Å². The molecule has 0 saturated carbocycles. The molecule has 2 aromatic carbocycles. The molecule has 2 aromatic rings. The van der Waals surface area contributed by atoms with Gasteiger partial charge in [-0.3, -0.25) is 0 Å². The van der Waals surface area contributed by atoms with Crippen molar-refractivity contribution in [2.45, 2.75) is 37.4 Å². The molecule has 154 valence electrons. The van der Waals surface area contributed by atoms with E-state index in [0.717, 1.165) is 36.4 Å². The van der Waals surface area contributed by atoms with Crippen LogP contribution in [0.2, 0.25) is 0 Å². The number of alkyl halides is 6. The summed E-state index contributed by atoms with van der Waals surface area (Å²) in [5.41, 5.74) is -8.84. The maximum atomic E-state index is 13.1. The second kappa shape index (κ2) is 6.56. The topological polar surface area (TPSA) is 80.9 Å². The van der Waals surface area contributed by atoms with Crippen LogP contribution in [0.15, 0.2) is 36.4 Å². The first-order chi connectivity index (χ1) is 12.5. The molecule has 2 rings (SSSR count). The molecule has 4 N–H and O–H groups in total. The van der Waals surface area contributed by atoms with E-state index in [1.165, 1.54) is 0 Å². The molecule has 0 amide bonds. The minimum absolute atomic E-state index is 0.0865. The third kappa shape index (κ3) is 3.61. The lowest BCUT2D eigenvalue weighted by Crippen LogP contribution is -2.39. The Morgan fingerprint density at radius 3 is 1.14 bits per heavy atom. The molecule has 0 aliphatic rings. The zero-order chi connectivity index (χ0) is 21.7. The van der Waals surface area contributed by atoms with Gasteiger partial charge in [-0.1, -0.05) is 12.1 Å². The predicted molar refractivity (Wildman–Crippen MR) is 86.5 cm³/mol. The molecular weight excluding hydrogens is 394 g/mol. The number of hydrogen-bond acceptors (Lipinski definition) is 4. The predicted octanol–water partition coefficient (Wildman–Crippen LogP) is 4.30. The minimum atomic E-state index is -5.14. The van der Waals surface area contributed by atoms with E-state index >= 15 is 0 Å². The monoisotopic (exact) mass is 410 g/mol. The molecule has 2 atom stereocenters. The number of aliphatic hydroxyl groups is 2. The van der Waals surface area contributed by atoms with Crippen molar-refractivity contribution in [3.8, 4) is 22.6 Å². The molecule has 0 spiro atoms. The summed E-state index contributed by atoms with van der Waals surface area (Å²) in [6.45, 7) is 0.838. The van der Waals surface area contributed by atoms with Crippen LogP contribution in [-0.2, 0) is 11.2 Å². The summed E-state index contributed by atoms with van der Waals surface area (Å²) in [5, 5.41) is 39.0. The largest absolute Gasteiger partial charge is 0.508 e. The number of rotatable bonds is 3. The molecule has 0 aliphatic carbocycles. The number of aromatic hydroxyl groups is 2. The van der Waals surface area contributed by atoms with Crippen molar-refractivity contribution in [2.75, 3.05) is 0 Å². The van der Waals surface area contributed by atoms with Crippen molar-refractivity contribution in [1.29, 1.82) is 0 Å². The number of phenols is 2. The van der Waals surface area contributed by atoms with Gasteiger partial charge in [0.25, 0.3) is 0 Å². The summed E-state index contributed by atoms with van der Waals surface area (Å²) in [5.74, 6) is -1.74. The Morgan fingerprint density at radius 1 is 0.607 bits per heavy atom. The Hall–Kier alpha value is -2.46. The molecule has 0 radical (unpaired) electrons. The molecule has 0 aliphatic heterocycles. The number of hydrogen-bond donors (Lipinski definition) is 4. The third-order valence-electron chi connectivity index (χ3n) is 4.48. The highest BCUT2D eigenvalue weighted by atomic mass is 19.4. The highest BCUT2D eigenvalue weighted by molar-refractivity contribution is 5.68. The summed E-state index contributed by atoms with van der Waals surface area (Å²) in [6.07, 6.45) is -10.3. The number of halogens is 6. The van der Waals surface area contributed by atoms with Gasteiger partial charge in [0.15, 0.2) is 11.2 Å². The van der Waals surface area contributed by atoms with Crippen LogP contribution in [0.5, 0.6) is 11.5 Å². The van der Waals surface area contributed by atoms with Crippen LogP contribution in [-0.4, -0.2) is 32.8 Å². The van der Waals surface area contributed by atoms with Crippen molar-refractivity contribution < 1.29 is 46.8 Å². The summed E-state index contributed by atoms with van der Waals surface area (Å²) in [4.78, 5) is 0. The van der Waals surface area contributed by atoms with E-state index in [1.807, 2.05) is 0 Å². The first-order valence-electron chi connectivity index (χ1n) is 7.75. The van der Waals surface area contributed by atoms with E-state index in [4.69, 9.17) is 0 Å². The van der Waals surface area contributed by atoms with Crippen LogP contribution in [0.3, 0.4) is 0 Å². The maximum absolute atomic E-state index is 13.1. The van der Waals surface area contributed by atoms with Gasteiger partial charge < -0.3 is 20.4 Å². The van der Waals surface area contributed by atoms with E-state index in [2.05, 4.69) is 0 Å². The highest BCUT2D eigenvalue weighted by Gasteiger charge is 2.53. The highest BCUT2D eigenvalue weighted by Crippen LogP contribution is 2.45. The van der Waals surface area contributed by atoms with Crippen LogP contribution in [0.25, 0.3) is 11.1 Å². The summed E-state index contributed by atoms with van der Waals surface area (Å²) in [6, 6.07) is 5.45. The number of phenolic OH excluding ortho intramolecular Hbond substituents is 2. The van der Waals surface area contributed by atoms with Gasteiger partial charge in [0.2, 0.25) is 0 Å². The molecule has 0 fully saturated rings. The molecule has 10 heteroatoms. The standard InChI is InChI=1S/C18H16F6O4/c1-15(27,17(19,20)21)11-7-9(3-5-13(11)25)10-4-6-14(26)12(8-10)16(2,28)18(22,23)24/h3-8,25-28H,1-2H3. The lowest BCUT2D eigenvalue weighted by Gasteiger charge is -2.28. The molecule has 2 unspecified atom stereocenters. The molecule has 28 heavy (non-hydrogen) atoms. The van der Waals surface area contributed by atoms with Gasteiger partial charge in [-0.25, -0.2) is 0 Å². The zero-order valence-corrected chi connectivity index (χ0v) is 14.5. The fourth-order valence-electron chi connectivity index (χ4n) is 2.52. The van der Waals surface area contributed by atoms with Crippen molar-refractivity contribution in [3.63, 3.8) is 0 Å². The van der Waals surface area contributed by atoms with Gasteiger partial charge >= 0.3 is 12.4 Å². The lowest BCUT2D eigenvalue weighted by molar-refractivity contribution is -0.259. The summed E-state index contributed by atoms with van der Waals surface area (Å²) < 4.78 is 78.5. The van der Waals surface area contributed by atoms with Crippen LogP contribution < -0.4 is 0 Å². The smallest absolute Gasteiger partial charge is 0.421 e. The number of benzene rings is 2. The fourth-order valence-corrected chi connectivity index (χ4v) is 2.52. The van der Waals surface area contributed by atoms with Gasteiger partial charge in [-0.2, -0.15) is 26.3 Å². The van der Waals surface area contributed by atoms with E-state index in [9.17, 15) is 46.8 Å². The van der Waals surface area contributed by atoms with Crippen LogP contribution >= 0.6 is 0 Å². The summed E-state index contributed by atoms with van der Waals surface area (Å²) >= 11 is 0. The molecular formula is C18H16F6O4.